The summed E-state index contributed by atoms with van der Waals surface area (Å²) in [7, 11) is 0. The minimum Gasteiger partial charge on any atom is -0.166 e. The van der Waals surface area contributed by atoms with E-state index in [1.807, 2.05) is 0 Å². The van der Waals surface area contributed by atoms with E-state index in [1.165, 1.54) is 12.2 Å². The van der Waals surface area contributed by atoms with E-state index in [-0.39, 0.29) is 0 Å². The van der Waals surface area contributed by atoms with E-state index >= 15 is 0 Å². The molecule has 0 atom stereocenters. The predicted octanol–water partition coefficient (Wildman–Crippen LogP) is 3.24. The van der Waals surface area contributed by atoms with Crippen molar-refractivity contribution in [2.24, 2.45) is 0 Å². The van der Waals surface area contributed by atoms with Crippen molar-refractivity contribution in [2.75, 3.05) is 0 Å². The summed E-state index contributed by atoms with van der Waals surface area (Å²) in [5, 5.41) is 0. The first-order chi connectivity index (χ1) is 5.02. The molecule has 0 aliphatic heterocycles. The molecule has 0 spiro atoms. The Morgan fingerprint density at radius 2 is 1.91 bits per heavy atom. The Morgan fingerprint density at radius 1 is 1.36 bits per heavy atom. The third kappa shape index (κ3) is 3.65. The molecule has 0 unspecified atom stereocenters. The molecule has 62 valence electrons. The van der Waals surface area contributed by atoms with Crippen LogP contribution in [0.15, 0.2) is 36.5 Å². The summed E-state index contributed by atoms with van der Waals surface area (Å²) in [5.41, 5.74) is -0.726. The van der Waals surface area contributed by atoms with Crippen molar-refractivity contribution in [3.63, 3.8) is 0 Å². The number of halogens is 3. The van der Waals surface area contributed by atoms with Crippen molar-refractivity contribution in [3.8, 4) is 0 Å². The van der Waals surface area contributed by atoms with Crippen LogP contribution in [-0.2, 0) is 0 Å². The van der Waals surface area contributed by atoms with Crippen LogP contribution in [-0.4, -0.2) is 6.18 Å². The summed E-state index contributed by atoms with van der Waals surface area (Å²) in [4.78, 5) is 0. The second kappa shape index (κ2) is 4.01. The van der Waals surface area contributed by atoms with Crippen LogP contribution in [0.4, 0.5) is 13.2 Å². The highest BCUT2D eigenvalue weighted by atomic mass is 19.4. The maximum Gasteiger partial charge on any atom is 0.416 e. The summed E-state index contributed by atoms with van der Waals surface area (Å²) in [5.74, 6) is 0. The Kier molecular flexibility index (Phi) is 3.65. The van der Waals surface area contributed by atoms with Crippen LogP contribution < -0.4 is 0 Å². The molecule has 0 aliphatic rings. The average Bonchev–Trinajstić information content (AvgIpc) is 1.87. The Morgan fingerprint density at radius 3 is 2.18 bits per heavy atom. The van der Waals surface area contributed by atoms with Crippen LogP contribution in [0.5, 0.6) is 0 Å². The highest BCUT2D eigenvalue weighted by Crippen LogP contribution is 2.25. The van der Waals surface area contributed by atoms with Crippen LogP contribution in [0, 0.1) is 0 Å². The van der Waals surface area contributed by atoms with Gasteiger partial charge in [-0.1, -0.05) is 30.9 Å². The van der Waals surface area contributed by atoms with E-state index in [4.69, 9.17) is 0 Å². The molecular formula is C8H9F3. The van der Waals surface area contributed by atoms with Gasteiger partial charge in [-0.3, -0.25) is 0 Å². The van der Waals surface area contributed by atoms with Gasteiger partial charge >= 0.3 is 6.18 Å². The molecule has 0 aromatic carbocycles. The maximum atomic E-state index is 11.9. The highest BCUT2D eigenvalue weighted by molar-refractivity contribution is 5.26. The topological polar surface area (TPSA) is 0 Å². The monoisotopic (exact) mass is 162 g/mol. The summed E-state index contributed by atoms with van der Waals surface area (Å²) in [6.45, 7) is 4.70. The van der Waals surface area contributed by atoms with E-state index in [0.717, 1.165) is 12.2 Å². The molecule has 0 saturated heterocycles. The zero-order valence-corrected chi connectivity index (χ0v) is 6.15. The molecule has 0 aliphatic carbocycles. The fourth-order valence-electron chi connectivity index (χ4n) is 0.478. The van der Waals surface area contributed by atoms with Gasteiger partial charge in [0.2, 0.25) is 0 Å². The van der Waals surface area contributed by atoms with E-state index in [2.05, 4.69) is 6.58 Å². The fraction of sp³-hybridized carbons (Fsp3) is 0.250. The number of hydrogen-bond donors (Lipinski definition) is 0. The smallest absolute Gasteiger partial charge is 0.166 e. The molecule has 0 saturated carbocycles. The first-order valence-corrected chi connectivity index (χ1v) is 3.05. The van der Waals surface area contributed by atoms with Crippen molar-refractivity contribution in [1.82, 2.24) is 0 Å². The van der Waals surface area contributed by atoms with E-state index in [9.17, 15) is 13.2 Å². The SMILES string of the molecule is C=C/C(=C/C=CC)C(F)(F)F. The average molecular weight is 162 g/mol. The van der Waals surface area contributed by atoms with Gasteiger partial charge in [-0.05, 0) is 6.92 Å². The summed E-state index contributed by atoms with van der Waals surface area (Å²) >= 11 is 0. The van der Waals surface area contributed by atoms with Crippen LogP contribution >= 0.6 is 0 Å². The van der Waals surface area contributed by atoms with E-state index < -0.39 is 11.7 Å². The van der Waals surface area contributed by atoms with Crippen molar-refractivity contribution in [3.05, 3.63) is 36.5 Å². The lowest BCUT2D eigenvalue weighted by Crippen LogP contribution is -2.09. The molecule has 0 rings (SSSR count). The van der Waals surface area contributed by atoms with E-state index in [0.29, 0.717) is 0 Å². The standard InChI is InChI=1S/C8H9F3/c1-3-5-6-7(4-2)8(9,10)11/h3-6H,2H2,1H3/b5-3?,7-6-. The first kappa shape index (κ1) is 10.0. The molecule has 0 aromatic rings. The molecule has 0 N–H and O–H groups in total. The molecule has 0 fully saturated rings. The summed E-state index contributed by atoms with van der Waals surface area (Å²) < 4.78 is 35.6. The van der Waals surface area contributed by atoms with Crippen LogP contribution in [0.25, 0.3) is 0 Å². The Labute approximate surface area is 63.7 Å². The Balaban J connectivity index is 4.53. The van der Waals surface area contributed by atoms with Gasteiger partial charge in [-0.2, -0.15) is 13.2 Å². The largest absolute Gasteiger partial charge is 0.416 e. The van der Waals surface area contributed by atoms with Gasteiger partial charge in [-0.15, -0.1) is 0 Å². The third-order valence-electron chi connectivity index (χ3n) is 1.02. The predicted molar refractivity (Wildman–Crippen MR) is 39.1 cm³/mol. The van der Waals surface area contributed by atoms with Crippen molar-refractivity contribution < 1.29 is 13.2 Å². The van der Waals surface area contributed by atoms with Crippen LogP contribution in [0.2, 0.25) is 0 Å². The molecular weight excluding hydrogens is 153 g/mol. The number of hydrogen-bond acceptors (Lipinski definition) is 0. The molecule has 11 heavy (non-hydrogen) atoms. The zero-order valence-electron chi connectivity index (χ0n) is 6.15. The van der Waals surface area contributed by atoms with Crippen LogP contribution in [0.3, 0.4) is 0 Å². The molecule has 0 radical (unpaired) electrons. The van der Waals surface area contributed by atoms with Gasteiger partial charge < -0.3 is 0 Å². The first-order valence-electron chi connectivity index (χ1n) is 3.05. The van der Waals surface area contributed by atoms with Crippen LogP contribution in [0.1, 0.15) is 6.92 Å². The normalized spacial score (nSPS) is 14.0. The lowest BCUT2D eigenvalue weighted by molar-refractivity contribution is -0.0881. The number of alkyl halides is 3. The fourth-order valence-corrected chi connectivity index (χ4v) is 0.478. The third-order valence-corrected chi connectivity index (χ3v) is 1.02. The van der Waals surface area contributed by atoms with Gasteiger partial charge in [-0.25, -0.2) is 0 Å². The maximum absolute atomic E-state index is 11.9. The van der Waals surface area contributed by atoms with Gasteiger partial charge in [0.05, 0.1) is 5.57 Å². The molecule has 0 bridgehead atoms. The second-order valence-corrected chi connectivity index (χ2v) is 1.85. The quantitative estimate of drug-likeness (QED) is 0.547. The Bertz CT molecular complexity index is 184. The summed E-state index contributed by atoms with van der Waals surface area (Å²) in [6, 6.07) is 0. The molecule has 0 aromatic heterocycles. The van der Waals surface area contributed by atoms with Gasteiger partial charge in [0.15, 0.2) is 0 Å². The molecule has 0 amide bonds. The number of rotatable bonds is 2. The van der Waals surface area contributed by atoms with Gasteiger partial charge in [0.25, 0.3) is 0 Å². The Hall–Kier alpha value is -0.990. The molecule has 0 heterocycles. The second-order valence-electron chi connectivity index (χ2n) is 1.85. The lowest BCUT2D eigenvalue weighted by Gasteiger charge is -2.04. The van der Waals surface area contributed by atoms with Crippen molar-refractivity contribution in [1.29, 1.82) is 0 Å². The molecule has 0 nitrogen and oxygen atoms in total. The minimum atomic E-state index is -4.29. The van der Waals surface area contributed by atoms with Crippen molar-refractivity contribution >= 4 is 0 Å². The minimum absolute atomic E-state index is 0.726. The van der Waals surface area contributed by atoms with Gasteiger partial charge in [0, 0.05) is 0 Å². The highest BCUT2D eigenvalue weighted by Gasteiger charge is 2.30. The zero-order chi connectivity index (χ0) is 8.91. The summed E-state index contributed by atoms with van der Waals surface area (Å²) in [6.07, 6.45) is 0.327. The van der Waals surface area contributed by atoms with Gasteiger partial charge in [0.1, 0.15) is 0 Å². The van der Waals surface area contributed by atoms with Crippen molar-refractivity contribution in [2.45, 2.75) is 13.1 Å². The lowest BCUT2D eigenvalue weighted by atomic mass is 10.2. The van der Waals surface area contributed by atoms with E-state index in [1.54, 1.807) is 6.92 Å². The number of allylic oxidation sites excluding steroid dienone is 5. The molecule has 3 heteroatoms.